The number of nitrogens with one attached hydrogen (secondary N) is 1. The molecule has 1 amide bonds. The maximum Gasteiger partial charge on any atom is 0.220 e. The Balaban J connectivity index is 1.72. The summed E-state index contributed by atoms with van der Waals surface area (Å²) in [5.41, 5.74) is 0.967. The predicted octanol–water partition coefficient (Wildman–Crippen LogP) is 4.16. The summed E-state index contributed by atoms with van der Waals surface area (Å²) in [6.07, 6.45) is 3.53. The van der Waals surface area contributed by atoms with E-state index in [1.165, 1.54) is 19.4 Å². The van der Waals surface area contributed by atoms with Crippen molar-refractivity contribution in [3.8, 4) is 0 Å². The van der Waals surface area contributed by atoms with Gasteiger partial charge >= 0.3 is 0 Å². The fourth-order valence-electron chi connectivity index (χ4n) is 3.05. The molecule has 1 saturated heterocycles. The number of hydrogen-bond acceptors (Lipinski definition) is 2. The molecule has 3 nitrogen and oxygen atoms in total. The normalized spacial score (nSPS) is 19.1. The maximum atomic E-state index is 12.1. The molecule has 2 rings (SSSR count). The van der Waals surface area contributed by atoms with Gasteiger partial charge in [0, 0.05) is 35.6 Å². The molecule has 1 aromatic rings. The molecule has 1 aromatic carbocycles. The summed E-state index contributed by atoms with van der Waals surface area (Å²) in [4.78, 5) is 14.6. The lowest BCUT2D eigenvalue weighted by atomic mass is 9.97. The first kappa shape index (κ1) is 18.6. The second kappa shape index (κ2) is 8.91. The number of piperidine rings is 1. The molecule has 0 bridgehead atoms. The zero-order valence-corrected chi connectivity index (χ0v) is 15.5. The third-order valence-corrected chi connectivity index (χ3v) is 5.09. The van der Waals surface area contributed by atoms with Crippen molar-refractivity contribution in [1.82, 2.24) is 10.2 Å². The highest BCUT2D eigenvalue weighted by Gasteiger charge is 2.21. The molecule has 0 aliphatic carbocycles. The lowest BCUT2D eigenvalue weighted by molar-refractivity contribution is -0.121. The van der Waals surface area contributed by atoms with Gasteiger partial charge in [0.15, 0.2) is 0 Å². The van der Waals surface area contributed by atoms with E-state index in [2.05, 4.69) is 24.1 Å². The summed E-state index contributed by atoms with van der Waals surface area (Å²) >= 11 is 12.0. The van der Waals surface area contributed by atoms with E-state index < -0.39 is 0 Å². The minimum Gasteiger partial charge on any atom is -0.356 e. The molecule has 1 N–H and O–H groups in total. The molecule has 0 spiro atoms. The van der Waals surface area contributed by atoms with E-state index >= 15 is 0 Å². The lowest BCUT2D eigenvalue weighted by Crippen LogP contribution is -2.43. The van der Waals surface area contributed by atoms with Crippen molar-refractivity contribution >= 4 is 29.1 Å². The monoisotopic (exact) mass is 356 g/mol. The van der Waals surface area contributed by atoms with Crippen LogP contribution >= 0.6 is 23.2 Å². The number of halogens is 2. The van der Waals surface area contributed by atoms with Gasteiger partial charge in [0.2, 0.25) is 5.91 Å². The Kier molecular flexibility index (Phi) is 7.19. The Morgan fingerprint density at radius 1 is 1.39 bits per heavy atom. The van der Waals surface area contributed by atoms with Gasteiger partial charge in [0.25, 0.3) is 0 Å². The lowest BCUT2D eigenvalue weighted by Gasteiger charge is -2.35. The summed E-state index contributed by atoms with van der Waals surface area (Å²) < 4.78 is 0. The first-order valence-corrected chi connectivity index (χ1v) is 9.16. The number of amides is 1. The highest BCUT2D eigenvalue weighted by molar-refractivity contribution is 6.35. The van der Waals surface area contributed by atoms with Crippen LogP contribution in [-0.4, -0.2) is 36.5 Å². The fourth-order valence-corrected chi connectivity index (χ4v) is 3.56. The molecule has 1 unspecified atom stereocenters. The zero-order chi connectivity index (χ0) is 16.8. The van der Waals surface area contributed by atoms with Gasteiger partial charge in [-0.3, -0.25) is 4.79 Å². The number of likely N-dealkylation sites (tertiary alicyclic amines) is 1. The van der Waals surface area contributed by atoms with Crippen molar-refractivity contribution in [1.29, 1.82) is 0 Å². The quantitative estimate of drug-likeness (QED) is 0.829. The Morgan fingerprint density at radius 2 is 2.17 bits per heavy atom. The molecular weight excluding hydrogens is 331 g/mol. The summed E-state index contributed by atoms with van der Waals surface area (Å²) in [5, 5.41) is 4.33. The molecule has 1 aliphatic heterocycles. The van der Waals surface area contributed by atoms with Gasteiger partial charge < -0.3 is 10.2 Å². The smallest absolute Gasteiger partial charge is 0.220 e. The Bertz CT molecular complexity index is 534. The van der Waals surface area contributed by atoms with Crippen molar-refractivity contribution in [2.75, 3.05) is 19.6 Å². The third-order valence-electron chi connectivity index (χ3n) is 4.51. The topological polar surface area (TPSA) is 32.3 Å². The van der Waals surface area contributed by atoms with E-state index in [4.69, 9.17) is 23.2 Å². The van der Waals surface area contributed by atoms with Gasteiger partial charge in [0.05, 0.1) is 0 Å². The molecule has 128 valence electrons. The Morgan fingerprint density at radius 3 is 2.87 bits per heavy atom. The van der Waals surface area contributed by atoms with Crippen LogP contribution in [0.1, 0.15) is 38.7 Å². The Labute approximate surface area is 149 Å². The number of carbonyl (C=O) groups excluding carboxylic acids is 1. The highest BCUT2D eigenvalue weighted by atomic mass is 35.5. The number of rotatable bonds is 6. The van der Waals surface area contributed by atoms with E-state index in [0.717, 1.165) is 18.7 Å². The average molecular weight is 357 g/mol. The zero-order valence-electron chi connectivity index (χ0n) is 13.9. The molecule has 5 heteroatoms. The van der Waals surface area contributed by atoms with E-state index in [0.29, 0.717) is 34.8 Å². The summed E-state index contributed by atoms with van der Waals surface area (Å²) in [6, 6.07) is 6.00. The summed E-state index contributed by atoms with van der Waals surface area (Å²) in [5.74, 6) is 0.659. The minimum atomic E-state index is 0.0951. The van der Waals surface area contributed by atoms with E-state index in [-0.39, 0.29) is 5.91 Å². The second-order valence-electron chi connectivity index (χ2n) is 6.64. The molecule has 0 radical (unpaired) electrons. The van der Waals surface area contributed by atoms with Gasteiger partial charge in [-0.05, 0) is 63.3 Å². The van der Waals surface area contributed by atoms with E-state index in [1.807, 2.05) is 12.1 Å². The van der Waals surface area contributed by atoms with E-state index in [1.54, 1.807) is 6.07 Å². The molecule has 1 aliphatic rings. The second-order valence-corrected chi connectivity index (χ2v) is 7.48. The number of carbonyl (C=O) groups is 1. The number of nitrogens with zero attached hydrogens (tertiary/aromatic N) is 1. The minimum absolute atomic E-state index is 0.0951. The van der Waals surface area contributed by atoms with Crippen LogP contribution in [-0.2, 0) is 11.2 Å². The highest BCUT2D eigenvalue weighted by Crippen LogP contribution is 2.22. The van der Waals surface area contributed by atoms with Gasteiger partial charge in [0.1, 0.15) is 0 Å². The van der Waals surface area contributed by atoms with Crippen molar-refractivity contribution in [2.24, 2.45) is 5.92 Å². The summed E-state index contributed by atoms with van der Waals surface area (Å²) in [6.45, 7) is 7.50. The van der Waals surface area contributed by atoms with Gasteiger partial charge in [-0.15, -0.1) is 0 Å². The van der Waals surface area contributed by atoms with Crippen LogP contribution < -0.4 is 5.32 Å². The SMILES string of the molecule is CC(C)N1CCCC(CNC(=O)CCc2ccc(Cl)cc2Cl)C1. The van der Waals surface area contributed by atoms with Crippen molar-refractivity contribution in [3.63, 3.8) is 0 Å². The van der Waals surface area contributed by atoms with Gasteiger partial charge in [-0.25, -0.2) is 0 Å². The molecule has 1 atom stereocenters. The third kappa shape index (κ3) is 5.98. The van der Waals surface area contributed by atoms with E-state index in [9.17, 15) is 4.79 Å². The average Bonchev–Trinajstić information content (AvgIpc) is 2.52. The van der Waals surface area contributed by atoms with Crippen LogP contribution in [0, 0.1) is 5.92 Å². The predicted molar refractivity (Wildman–Crippen MR) is 97.2 cm³/mol. The first-order chi connectivity index (χ1) is 11.0. The van der Waals surface area contributed by atoms with Crippen LogP contribution in [0.25, 0.3) is 0 Å². The van der Waals surface area contributed by atoms with Crippen LogP contribution in [0.15, 0.2) is 18.2 Å². The summed E-state index contributed by atoms with van der Waals surface area (Å²) in [7, 11) is 0. The number of hydrogen-bond donors (Lipinski definition) is 1. The van der Waals surface area contributed by atoms with Crippen LogP contribution in [0.4, 0.5) is 0 Å². The van der Waals surface area contributed by atoms with Gasteiger partial charge in [-0.2, -0.15) is 0 Å². The largest absolute Gasteiger partial charge is 0.356 e. The van der Waals surface area contributed by atoms with Crippen LogP contribution in [0.2, 0.25) is 10.0 Å². The number of benzene rings is 1. The molecule has 1 heterocycles. The van der Waals surface area contributed by atoms with Crippen molar-refractivity contribution in [2.45, 2.75) is 45.6 Å². The first-order valence-electron chi connectivity index (χ1n) is 8.40. The molecule has 23 heavy (non-hydrogen) atoms. The Hall–Kier alpha value is -0.770. The van der Waals surface area contributed by atoms with Crippen molar-refractivity contribution in [3.05, 3.63) is 33.8 Å². The molecule has 1 fully saturated rings. The van der Waals surface area contributed by atoms with Crippen molar-refractivity contribution < 1.29 is 4.79 Å². The maximum absolute atomic E-state index is 12.1. The molecule has 0 aromatic heterocycles. The molecule has 0 saturated carbocycles. The number of aryl methyl sites for hydroxylation is 1. The van der Waals surface area contributed by atoms with Crippen LogP contribution in [0.5, 0.6) is 0 Å². The van der Waals surface area contributed by atoms with Crippen LogP contribution in [0.3, 0.4) is 0 Å². The standard InChI is InChI=1S/C18H26Cl2N2O/c1-13(2)22-9-3-4-14(12-22)11-21-18(23)8-6-15-5-7-16(19)10-17(15)20/h5,7,10,13-14H,3-4,6,8-9,11-12H2,1-2H3,(H,21,23). The van der Waals surface area contributed by atoms with Gasteiger partial charge in [-0.1, -0.05) is 29.3 Å². The fraction of sp³-hybridized carbons (Fsp3) is 0.611. The molecular formula is C18H26Cl2N2O.